The fraction of sp³-hybridized carbons (Fsp3) is 0.286. The van der Waals surface area contributed by atoms with Crippen LogP contribution in [0.1, 0.15) is 22.3 Å². The van der Waals surface area contributed by atoms with E-state index >= 15 is 0 Å². The van der Waals surface area contributed by atoms with E-state index in [1.54, 1.807) is 0 Å². The van der Waals surface area contributed by atoms with E-state index in [-0.39, 0.29) is 0 Å². The number of aromatic hydroxyl groups is 1. The van der Waals surface area contributed by atoms with Crippen LogP contribution in [0.5, 0.6) is 11.5 Å². The van der Waals surface area contributed by atoms with Gasteiger partial charge in [-0.25, -0.2) is 4.99 Å². The summed E-state index contributed by atoms with van der Waals surface area (Å²) in [5.41, 5.74) is 5.15. The Labute approximate surface area is 154 Å². The molecule has 2 aromatic carbocycles. The highest BCUT2D eigenvalue weighted by Crippen LogP contribution is 2.33. The number of aryl methyl sites for hydroxylation is 2. The van der Waals surface area contributed by atoms with E-state index in [4.69, 9.17) is 9.73 Å². The van der Waals surface area contributed by atoms with Gasteiger partial charge in [-0.15, -0.1) is 0 Å². The number of phenolic OH excluding ortho intramolecular Hbond substituents is 1. The van der Waals surface area contributed by atoms with Crippen LogP contribution in [-0.4, -0.2) is 43.1 Å². The fourth-order valence-corrected chi connectivity index (χ4v) is 2.88. The summed E-state index contributed by atoms with van der Waals surface area (Å²) in [5, 5.41) is 13.3. The first-order valence-electron chi connectivity index (χ1n) is 8.62. The third-order valence-corrected chi connectivity index (χ3v) is 4.37. The number of benzene rings is 2. The molecule has 0 fully saturated rings. The van der Waals surface area contributed by atoms with Crippen molar-refractivity contribution in [2.75, 3.05) is 27.2 Å². The number of nitrogens with one attached hydrogen (secondary N) is 1. The quantitative estimate of drug-likeness (QED) is 0.864. The average Bonchev–Trinajstić information content (AvgIpc) is 2.58. The van der Waals surface area contributed by atoms with E-state index < -0.39 is 0 Å². The second-order valence-corrected chi connectivity index (χ2v) is 6.85. The standard InChI is InChI=1S/C21H25N3O2/c1-13-10-16(11-14(2)20(13)25)21-22-15(3)18-7-6-17(12-19(18)23-21)26-9-8-24(4)5/h6-7,10-12,25H,3,8-9H2,1-2,4-5H3,(H,22,23). The van der Waals surface area contributed by atoms with Crippen LogP contribution in [-0.2, 0) is 0 Å². The van der Waals surface area contributed by atoms with Crippen LogP contribution in [0.3, 0.4) is 0 Å². The number of rotatable bonds is 5. The summed E-state index contributed by atoms with van der Waals surface area (Å²) in [6, 6.07) is 9.70. The lowest BCUT2D eigenvalue weighted by Crippen LogP contribution is -2.25. The summed E-state index contributed by atoms with van der Waals surface area (Å²) in [4.78, 5) is 6.83. The van der Waals surface area contributed by atoms with E-state index in [0.717, 1.165) is 51.8 Å². The molecule has 0 saturated carbocycles. The molecule has 5 heteroatoms. The van der Waals surface area contributed by atoms with Crippen LogP contribution in [0, 0.1) is 13.8 Å². The van der Waals surface area contributed by atoms with E-state index in [2.05, 4.69) is 16.8 Å². The van der Waals surface area contributed by atoms with Crippen LogP contribution in [0.4, 0.5) is 5.69 Å². The number of likely N-dealkylation sites (N-methyl/N-ethyl adjacent to an activating group) is 1. The number of nitrogens with zero attached hydrogens (tertiary/aromatic N) is 2. The maximum absolute atomic E-state index is 10.00. The van der Waals surface area contributed by atoms with E-state index in [9.17, 15) is 5.11 Å². The topological polar surface area (TPSA) is 57.1 Å². The number of aliphatic imine (C=N–C) groups is 1. The smallest absolute Gasteiger partial charge is 0.138 e. The first-order valence-corrected chi connectivity index (χ1v) is 8.62. The predicted octanol–water partition coefficient (Wildman–Crippen LogP) is 3.60. The van der Waals surface area contributed by atoms with Crippen molar-refractivity contribution in [3.05, 3.63) is 59.2 Å². The third-order valence-electron chi connectivity index (χ3n) is 4.37. The van der Waals surface area contributed by atoms with Crippen molar-refractivity contribution in [1.82, 2.24) is 10.2 Å². The SMILES string of the molecule is C=C1NC(c2cc(C)c(O)c(C)c2)=Nc2cc(OCCN(C)C)ccc21. The first kappa shape index (κ1) is 18.0. The van der Waals surface area contributed by atoms with Crippen molar-refractivity contribution in [1.29, 1.82) is 0 Å². The molecule has 2 N–H and O–H groups in total. The highest BCUT2D eigenvalue weighted by molar-refractivity contribution is 6.08. The molecule has 0 bridgehead atoms. The summed E-state index contributed by atoms with van der Waals surface area (Å²) in [6.07, 6.45) is 0. The molecule has 0 amide bonds. The maximum Gasteiger partial charge on any atom is 0.138 e. The second-order valence-electron chi connectivity index (χ2n) is 6.85. The highest BCUT2D eigenvalue weighted by Gasteiger charge is 2.18. The number of amidine groups is 1. The van der Waals surface area contributed by atoms with E-state index in [0.29, 0.717) is 12.4 Å². The molecular weight excluding hydrogens is 326 g/mol. The molecule has 3 rings (SSSR count). The average molecular weight is 351 g/mol. The molecule has 0 atom stereocenters. The number of ether oxygens (including phenoxy) is 1. The minimum Gasteiger partial charge on any atom is -0.507 e. The van der Waals surface area contributed by atoms with Gasteiger partial charge in [0.2, 0.25) is 0 Å². The van der Waals surface area contributed by atoms with Crippen molar-refractivity contribution in [2.24, 2.45) is 4.99 Å². The second kappa shape index (κ2) is 7.22. The molecule has 1 aliphatic heterocycles. The van der Waals surface area contributed by atoms with Gasteiger partial charge in [0.05, 0.1) is 5.69 Å². The molecule has 0 saturated heterocycles. The molecule has 0 spiro atoms. The Morgan fingerprint density at radius 2 is 1.85 bits per heavy atom. The normalized spacial score (nSPS) is 13.3. The molecule has 1 heterocycles. The Bertz CT molecular complexity index is 862. The van der Waals surface area contributed by atoms with Gasteiger partial charge in [-0.3, -0.25) is 0 Å². The number of hydrogen-bond donors (Lipinski definition) is 2. The zero-order valence-corrected chi connectivity index (χ0v) is 15.8. The van der Waals surface area contributed by atoms with Crippen molar-refractivity contribution in [3.63, 3.8) is 0 Å². The van der Waals surface area contributed by atoms with Crippen LogP contribution in [0.25, 0.3) is 5.70 Å². The van der Waals surface area contributed by atoms with Crippen molar-refractivity contribution < 1.29 is 9.84 Å². The molecule has 2 aromatic rings. The zero-order valence-electron chi connectivity index (χ0n) is 15.8. The molecule has 136 valence electrons. The minimum absolute atomic E-state index is 0.320. The van der Waals surface area contributed by atoms with Crippen LogP contribution in [0.15, 0.2) is 41.9 Å². The van der Waals surface area contributed by atoms with Crippen LogP contribution in [0.2, 0.25) is 0 Å². The summed E-state index contributed by atoms with van der Waals surface area (Å²) in [6.45, 7) is 9.36. The van der Waals surface area contributed by atoms with Gasteiger partial charge < -0.3 is 20.1 Å². The van der Waals surface area contributed by atoms with Gasteiger partial charge in [-0.05, 0) is 63.3 Å². The molecule has 26 heavy (non-hydrogen) atoms. The van der Waals surface area contributed by atoms with E-state index in [1.807, 2.05) is 58.3 Å². The Hall–Kier alpha value is -2.79. The Balaban J connectivity index is 1.92. The molecule has 0 unspecified atom stereocenters. The minimum atomic E-state index is 0.320. The van der Waals surface area contributed by atoms with Gasteiger partial charge in [-0.2, -0.15) is 0 Å². The summed E-state index contributed by atoms with van der Waals surface area (Å²) < 4.78 is 5.82. The lowest BCUT2D eigenvalue weighted by molar-refractivity contribution is 0.261. The number of phenols is 1. The maximum atomic E-state index is 10.00. The van der Waals surface area contributed by atoms with Gasteiger partial charge in [0.1, 0.15) is 23.9 Å². The monoisotopic (exact) mass is 351 g/mol. The highest BCUT2D eigenvalue weighted by atomic mass is 16.5. The van der Waals surface area contributed by atoms with Crippen LogP contribution < -0.4 is 10.1 Å². The fourth-order valence-electron chi connectivity index (χ4n) is 2.88. The van der Waals surface area contributed by atoms with Crippen molar-refractivity contribution in [2.45, 2.75) is 13.8 Å². The van der Waals surface area contributed by atoms with Crippen LogP contribution >= 0.6 is 0 Å². The summed E-state index contributed by atoms with van der Waals surface area (Å²) in [5.74, 6) is 1.83. The molecule has 0 radical (unpaired) electrons. The molecular formula is C21H25N3O2. The zero-order chi connectivity index (χ0) is 18.8. The summed E-state index contributed by atoms with van der Waals surface area (Å²) >= 11 is 0. The molecule has 0 aromatic heterocycles. The van der Waals surface area contributed by atoms with Crippen molar-refractivity contribution in [3.8, 4) is 11.5 Å². The van der Waals surface area contributed by atoms with Crippen molar-refractivity contribution >= 4 is 17.2 Å². The lowest BCUT2D eigenvalue weighted by atomic mass is 10.0. The summed E-state index contributed by atoms with van der Waals surface area (Å²) in [7, 11) is 4.04. The largest absolute Gasteiger partial charge is 0.507 e. The predicted molar refractivity (Wildman–Crippen MR) is 106 cm³/mol. The van der Waals surface area contributed by atoms with Gasteiger partial charge >= 0.3 is 0 Å². The number of fused-ring (bicyclic) bond motifs is 1. The Morgan fingerprint density at radius 3 is 2.50 bits per heavy atom. The van der Waals surface area contributed by atoms with Gasteiger partial charge in [-0.1, -0.05) is 6.58 Å². The lowest BCUT2D eigenvalue weighted by Gasteiger charge is -2.21. The molecule has 0 aliphatic carbocycles. The third kappa shape index (κ3) is 3.73. The van der Waals surface area contributed by atoms with Gasteiger partial charge in [0.25, 0.3) is 0 Å². The molecule has 1 aliphatic rings. The Kier molecular flexibility index (Phi) is 5.00. The Morgan fingerprint density at radius 1 is 1.15 bits per heavy atom. The number of hydrogen-bond acceptors (Lipinski definition) is 5. The first-order chi connectivity index (χ1) is 12.3. The molecule has 5 nitrogen and oxygen atoms in total. The van der Waals surface area contributed by atoms with E-state index in [1.165, 1.54) is 0 Å². The van der Waals surface area contributed by atoms with Gasteiger partial charge in [0.15, 0.2) is 0 Å². The van der Waals surface area contributed by atoms with Gasteiger partial charge in [0, 0.05) is 29.4 Å².